The summed E-state index contributed by atoms with van der Waals surface area (Å²) in [6, 6.07) is 15.3. The number of amides is 2. The van der Waals surface area contributed by atoms with Gasteiger partial charge in [-0.1, -0.05) is 35.9 Å². The number of benzene rings is 2. The molecule has 0 aliphatic carbocycles. The van der Waals surface area contributed by atoms with Crippen molar-refractivity contribution in [2.24, 2.45) is 0 Å². The summed E-state index contributed by atoms with van der Waals surface area (Å²) in [5.41, 5.74) is 2.21. The first-order valence-corrected chi connectivity index (χ1v) is 8.28. The van der Waals surface area contributed by atoms with Crippen LogP contribution < -0.4 is 10.1 Å². The fourth-order valence-corrected chi connectivity index (χ4v) is 2.50. The molecule has 4 nitrogen and oxygen atoms in total. The van der Waals surface area contributed by atoms with Gasteiger partial charge >= 0.3 is 6.03 Å². The molecule has 0 saturated heterocycles. The van der Waals surface area contributed by atoms with Gasteiger partial charge in [-0.15, -0.1) is 0 Å². The van der Waals surface area contributed by atoms with Crippen LogP contribution in [0.1, 0.15) is 24.1 Å². The molecule has 0 heterocycles. The Hall–Kier alpha value is -2.20. The Labute approximate surface area is 148 Å². The van der Waals surface area contributed by atoms with E-state index in [1.807, 2.05) is 55.5 Å². The van der Waals surface area contributed by atoms with Crippen LogP contribution in [0.3, 0.4) is 0 Å². The number of hydrogen-bond donors (Lipinski definition) is 1. The third kappa shape index (κ3) is 4.90. The molecule has 2 aromatic rings. The number of halogens is 1. The minimum absolute atomic E-state index is 0.0248. The topological polar surface area (TPSA) is 41.6 Å². The van der Waals surface area contributed by atoms with E-state index in [4.69, 9.17) is 16.3 Å². The summed E-state index contributed by atoms with van der Waals surface area (Å²) in [5, 5.41) is 3.64. The average Bonchev–Trinajstić information content (AvgIpc) is 2.61. The number of urea groups is 1. The van der Waals surface area contributed by atoms with Crippen molar-refractivity contribution >= 4 is 17.6 Å². The lowest BCUT2D eigenvalue weighted by molar-refractivity contribution is 0.194. The number of rotatable bonds is 6. The average molecular weight is 347 g/mol. The molecule has 0 spiro atoms. The predicted molar refractivity (Wildman–Crippen MR) is 97.7 cm³/mol. The first-order chi connectivity index (χ1) is 11.5. The quantitative estimate of drug-likeness (QED) is 0.847. The summed E-state index contributed by atoms with van der Waals surface area (Å²) in [6.45, 7) is 2.58. The van der Waals surface area contributed by atoms with Crippen LogP contribution in [-0.2, 0) is 6.42 Å². The highest BCUT2D eigenvalue weighted by Crippen LogP contribution is 2.20. The lowest BCUT2D eigenvalue weighted by Gasteiger charge is -2.25. The van der Waals surface area contributed by atoms with Crippen molar-refractivity contribution in [3.8, 4) is 5.75 Å². The van der Waals surface area contributed by atoms with Crippen LogP contribution in [0.2, 0.25) is 5.02 Å². The van der Waals surface area contributed by atoms with Crippen LogP contribution in [0.15, 0.2) is 48.5 Å². The largest absolute Gasteiger partial charge is 0.497 e. The maximum atomic E-state index is 12.3. The second-order valence-electron chi connectivity index (χ2n) is 5.67. The molecule has 128 valence electrons. The standard InChI is InChI=1S/C19H23ClN2O2/c1-14(16-6-8-17(20)9-7-16)22(2)19(23)21-13-12-15-4-10-18(24-3)11-5-15/h4-11,14H,12-13H2,1-3H3,(H,21,23)/t14-/m0/s1. The lowest BCUT2D eigenvalue weighted by atomic mass is 10.1. The number of ether oxygens (including phenoxy) is 1. The maximum Gasteiger partial charge on any atom is 0.317 e. The van der Waals surface area contributed by atoms with Crippen molar-refractivity contribution in [1.82, 2.24) is 10.2 Å². The minimum atomic E-state index is -0.0917. The first-order valence-electron chi connectivity index (χ1n) is 7.90. The third-order valence-corrected chi connectivity index (χ3v) is 4.35. The van der Waals surface area contributed by atoms with Crippen molar-refractivity contribution in [3.63, 3.8) is 0 Å². The zero-order valence-electron chi connectivity index (χ0n) is 14.3. The molecular formula is C19H23ClN2O2. The Kier molecular flexibility index (Phi) is 6.50. The van der Waals surface area contributed by atoms with Gasteiger partial charge in [0.05, 0.1) is 13.2 Å². The number of carbonyl (C=O) groups is 1. The summed E-state index contributed by atoms with van der Waals surface area (Å²) in [6.07, 6.45) is 0.777. The SMILES string of the molecule is COc1ccc(CCNC(=O)N(C)[C@@H](C)c2ccc(Cl)cc2)cc1. The smallest absolute Gasteiger partial charge is 0.317 e. The van der Waals surface area contributed by atoms with E-state index < -0.39 is 0 Å². The van der Waals surface area contributed by atoms with E-state index in [9.17, 15) is 4.79 Å². The van der Waals surface area contributed by atoms with Gasteiger partial charge in [0.2, 0.25) is 0 Å². The van der Waals surface area contributed by atoms with Crippen LogP contribution in [0.4, 0.5) is 4.79 Å². The molecule has 0 unspecified atom stereocenters. The van der Waals surface area contributed by atoms with Gasteiger partial charge in [0.15, 0.2) is 0 Å². The minimum Gasteiger partial charge on any atom is -0.497 e. The third-order valence-electron chi connectivity index (χ3n) is 4.10. The monoisotopic (exact) mass is 346 g/mol. The highest BCUT2D eigenvalue weighted by molar-refractivity contribution is 6.30. The van der Waals surface area contributed by atoms with Gasteiger partial charge in [-0.2, -0.15) is 0 Å². The summed E-state index contributed by atoms with van der Waals surface area (Å²) >= 11 is 5.90. The first kappa shape index (κ1) is 18.1. The van der Waals surface area contributed by atoms with Gasteiger partial charge < -0.3 is 15.0 Å². The van der Waals surface area contributed by atoms with Gasteiger partial charge in [0.1, 0.15) is 5.75 Å². The highest BCUT2D eigenvalue weighted by Gasteiger charge is 2.16. The fourth-order valence-electron chi connectivity index (χ4n) is 2.37. The van der Waals surface area contributed by atoms with Crippen LogP contribution >= 0.6 is 11.6 Å². The van der Waals surface area contributed by atoms with Crippen LogP contribution in [-0.4, -0.2) is 31.6 Å². The Balaban J connectivity index is 1.83. The van der Waals surface area contributed by atoms with Crippen molar-refractivity contribution in [1.29, 1.82) is 0 Å². The molecule has 2 rings (SSSR count). The molecule has 24 heavy (non-hydrogen) atoms. The molecule has 0 aromatic heterocycles. The van der Waals surface area contributed by atoms with E-state index in [0.29, 0.717) is 11.6 Å². The zero-order chi connectivity index (χ0) is 17.5. The van der Waals surface area contributed by atoms with E-state index in [1.54, 1.807) is 19.1 Å². The summed E-state index contributed by atoms with van der Waals surface area (Å²) in [7, 11) is 3.44. The van der Waals surface area contributed by atoms with E-state index in [-0.39, 0.29) is 12.1 Å². The predicted octanol–water partition coefficient (Wildman–Crippen LogP) is 4.29. The highest BCUT2D eigenvalue weighted by atomic mass is 35.5. The molecule has 0 aliphatic heterocycles. The van der Waals surface area contributed by atoms with E-state index in [2.05, 4.69) is 5.32 Å². The summed E-state index contributed by atoms with van der Waals surface area (Å²) in [5.74, 6) is 0.833. The normalized spacial score (nSPS) is 11.7. The number of carbonyl (C=O) groups excluding carboxylic acids is 1. The molecule has 1 N–H and O–H groups in total. The molecule has 0 aliphatic rings. The Morgan fingerprint density at radius 1 is 1.17 bits per heavy atom. The van der Waals surface area contributed by atoms with Gasteiger partial charge in [0.25, 0.3) is 0 Å². The van der Waals surface area contributed by atoms with Crippen molar-refractivity contribution in [2.75, 3.05) is 20.7 Å². The zero-order valence-corrected chi connectivity index (χ0v) is 15.0. The van der Waals surface area contributed by atoms with Gasteiger partial charge in [-0.05, 0) is 48.7 Å². The second-order valence-corrected chi connectivity index (χ2v) is 6.10. The van der Waals surface area contributed by atoms with Crippen LogP contribution in [0, 0.1) is 0 Å². The number of methoxy groups -OCH3 is 1. The number of nitrogens with one attached hydrogen (secondary N) is 1. The van der Waals surface area contributed by atoms with Crippen molar-refractivity contribution in [3.05, 3.63) is 64.7 Å². The summed E-state index contributed by atoms with van der Waals surface area (Å²) < 4.78 is 5.13. The van der Waals surface area contributed by atoms with E-state index in [0.717, 1.165) is 23.3 Å². The summed E-state index contributed by atoms with van der Waals surface area (Å²) in [4.78, 5) is 14.0. The molecule has 2 amide bonds. The lowest BCUT2D eigenvalue weighted by Crippen LogP contribution is -2.39. The van der Waals surface area contributed by atoms with Crippen LogP contribution in [0.25, 0.3) is 0 Å². The Morgan fingerprint density at radius 2 is 1.79 bits per heavy atom. The van der Waals surface area contributed by atoms with Crippen LogP contribution in [0.5, 0.6) is 5.75 Å². The maximum absolute atomic E-state index is 12.3. The second kappa shape index (κ2) is 8.60. The molecule has 2 aromatic carbocycles. The molecule has 0 saturated carbocycles. The van der Waals surface area contributed by atoms with Gasteiger partial charge in [0, 0.05) is 18.6 Å². The van der Waals surface area contributed by atoms with Crippen molar-refractivity contribution in [2.45, 2.75) is 19.4 Å². The number of hydrogen-bond acceptors (Lipinski definition) is 2. The van der Waals surface area contributed by atoms with Crippen molar-refractivity contribution < 1.29 is 9.53 Å². The van der Waals surface area contributed by atoms with E-state index >= 15 is 0 Å². The molecule has 0 bridgehead atoms. The van der Waals surface area contributed by atoms with Gasteiger partial charge in [-0.25, -0.2) is 4.79 Å². The van der Waals surface area contributed by atoms with E-state index in [1.165, 1.54) is 0 Å². The molecule has 0 radical (unpaired) electrons. The molecule has 1 atom stereocenters. The number of nitrogens with zero attached hydrogens (tertiary/aromatic N) is 1. The Morgan fingerprint density at radius 3 is 2.38 bits per heavy atom. The Bertz CT molecular complexity index is 656. The molecular weight excluding hydrogens is 324 g/mol. The van der Waals surface area contributed by atoms with Gasteiger partial charge in [-0.3, -0.25) is 0 Å². The fraction of sp³-hybridized carbons (Fsp3) is 0.316. The molecule has 0 fully saturated rings. The molecule has 5 heteroatoms.